The predicted octanol–water partition coefficient (Wildman–Crippen LogP) is 4.46. The van der Waals surface area contributed by atoms with E-state index in [-0.39, 0.29) is 11.3 Å². The number of benzene rings is 3. The van der Waals surface area contributed by atoms with Crippen LogP contribution in [0.4, 0.5) is 5.69 Å². The van der Waals surface area contributed by atoms with Crippen molar-refractivity contribution in [3.8, 4) is 5.75 Å². The number of phenolic OH excluding ortho intramolecular Hbond substituents is 1. The van der Waals surface area contributed by atoms with E-state index in [1.165, 1.54) is 18.2 Å². The van der Waals surface area contributed by atoms with E-state index in [1.54, 1.807) is 61.5 Å². The van der Waals surface area contributed by atoms with E-state index in [9.17, 15) is 19.5 Å². The number of aryl methyl sites for hydroxylation is 1. The highest BCUT2D eigenvalue weighted by Crippen LogP contribution is 2.21. The monoisotopic (exact) mass is 463 g/mol. The van der Waals surface area contributed by atoms with Gasteiger partial charge in [-0.1, -0.05) is 41.4 Å². The Morgan fingerprint density at radius 3 is 2.24 bits per heavy atom. The molecule has 8 heteroatoms. The fourth-order valence-electron chi connectivity index (χ4n) is 3.03. The Kier molecular flexibility index (Phi) is 7.58. The summed E-state index contributed by atoms with van der Waals surface area (Å²) in [5.74, 6) is -1.98. The summed E-state index contributed by atoms with van der Waals surface area (Å²) in [5.41, 5.74) is 4.66. The molecular weight excluding hydrogens is 442 g/mol. The molecule has 3 aromatic rings. The van der Waals surface area contributed by atoms with Gasteiger partial charge >= 0.3 is 0 Å². The quantitative estimate of drug-likeness (QED) is 0.320. The smallest absolute Gasteiger partial charge is 0.265 e. The van der Waals surface area contributed by atoms with Crippen LogP contribution < -0.4 is 10.3 Å². The first kappa shape index (κ1) is 23.7. The summed E-state index contributed by atoms with van der Waals surface area (Å²) in [4.78, 5) is 39.5. The Balaban J connectivity index is 1.79. The number of phenols is 1. The predicted molar refractivity (Wildman–Crippen MR) is 128 cm³/mol. The minimum atomic E-state index is -0.716. The third kappa shape index (κ3) is 6.05. The van der Waals surface area contributed by atoms with Gasteiger partial charge in [0.1, 0.15) is 12.2 Å². The molecule has 3 aromatic carbocycles. The maximum atomic E-state index is 13.1. The summed E-state index contributed by atoms with van der Waals surface area (Å²) < 4.78 is 0. The van der Waals surface area contributed by atoms with Gasteiger partial charge in [-0.2, -0.15) is 5.10 Å². The van der Waals surface area contributed by atoms with Crippen molar-refractivity contribution in [1.82, 2.24) is 5.43 Å². The average molecular weight is 464 g/mol. The number of carbonyl (C=O) groups is 3. The normalized spacial score (nSPS) is 11.1. The van der Waals surface area contributed by atoms with Crippen LogP contribution in [0.15, 0.2) is 77.9 Å². The topological polar surface area (TPSA) is 99.1 Å². The van der Waals surface area contributed by atoms with Gasteiger partial charge in [-0.3, -0.25) is 14.4 Å². The van der Waals surface area contributed by atoms with Gasteiger partial charge in [-0.15, -0.1) is 0 Å². The second kappa shape index (κ2) is 10.6. The lowest BCUT2D eigenvalue weighted by Gasteiger charge is -2.21. The number of halogens is 1. The second-order valence-electron chi connectivity index (χ2n) is 7.30. The summed E-state index contributed by atoms with van der Waals surface area (Å²) in [5, 5.41) is 14.3. The van der Waals surface area contributed by atoms with Crippen molar-refractivity contribution in [3.05, 3.63) is 94.5 Å². The minimum absolute atomic E-state index is 0.0168. The number of hydrogen-bond acceptors (Lipinski definition) is 5. The van der Waals surface area contributed by atoms with Gasteiger partial charge in [-0.05, 0) is 62.4 Å². The van der Waals surface area contributed by atoms with E-state index < -0.39 is 24.1 Å². The summed E-state index contributed by atoms with van der Waals surface area (Å²) in [6.45, 7) is 3.50. The maximum absolute atomic E-state index is 13.1. The Morgan fingerprint density at radius 1 is 0.970 bits per heavy atom. The van der Waals surface area contributed by atoms with Crippen LogP contribution in [0.5, 0.6) is 5.75 Å². The third-order valence-corrected chi connectivity index (χ3v) is 5.04. The number of anilines is 1. The molecule has 0 unspecified atom stereocenters. The maximum Gasteiger partial charge on any atom is 0.265 e. The van der Waals surface area contributed by atoms with Crippen LogP contribution in [0.2, 0.25) is 5.02 Å². The highest BCUT2D eigenvalue weighted by atomic mass is 35.5. The van der Waals surface area contributed by atoms with Gasteiger partial charge in [0.25, 0.3) is 5.91 Å². The molecule has 0 bridgehead atoms. The first-order valence-electron chi connectivity index (χ1n) is 10.1. The van der Waals surface area contributed by atoms with Crippen LogP contribution >= 0.6 is 11.6 Å². The SMILES string of the molecule is CC(=NNC(=O)CC(=O)N(C(=O)c1ccc(Cl)cc1)c1ccc(C)cc1)c1ccccc1O. The number of rotatable bonds is 6. The fraction of sp³-hybridized carbons (Fsp3) is 0.120. The van der Waals surface area contributed by atoms with Crippen molar-refractivity contribution in [1.29, 1.82) is 0 Å². The lowest BCUT2D eigenvalue weighted by atomic mass is 10.1. The molecule has 0 saturated heterocycles. The van der Waals surface area contributed by atoms with E-state index in [0.29, 0.717) is 22.0 Å². The number of nitrogens with one attached hydrogen (secondary N) is 1. The van der Waals surface area contributed by atoms with Crippen LogP contribution in [0.1, 0.15) is 34.8 Å². The van der Waals surface area contributed by atoms with Crippen LogP contribution in [-0.4, -0.2) is 28.5 Å². The number of para-hydroxylation sites is 1. The molecule has 0 aliphatic carbocycles. The van der Waals surface area contributed by atoms with Crippen molar-refractivity contribution >= 4 is 40.7 Å². The molecule has 3 amide bonds. The molecule has 168 valence electrons. The largest absolute Gasteiger partial charge is 0.507 e. The number of amides is 3. The molecule has 0 aliphatic heterocycles. The Labute approximate surface area is 196 Å². The molecule has 33 heavy (non-hydrogen) atoms. The first-order valence-corrected chi connectivity index (χ1v) is 10.4. The Morgan fingerprint density at radius 2 is 1.61 bits per heavy atom. The molecule has 0 spiro atoms. The summed E-state index contributed by atoms with van der Waals surface area (Å²) in [6.07, 6.45) is -0.606. The fourth-order valence-corrected chi connectivity index (χ4v) is 3.16. The third-order valence-electron chi connectivity index (χ3n) is 4.79. The standard InChI is InChI=1S/C25H22ClN3O4/c1-16-7-13-20(14-8-16)29(25(33)18-9-11-19(26)12-10-18)24(32)15-23(31)28-27-17(2)21-5-3-4-6-22(21)30/h3-14,30H,15H2,1-2H3,(H,28,31). The van der Waals surface area contributed by atoms with E-state index >= 15 is 0 Å². The number of nitrogens with zero attached hydrogens (tertiary/aromatic N) is 2. The zero-order valence-electron chi connectivity index (χ0n) is 18.1. The minimum Gasteiger partial charge on any atom is -0.507 e. The van der Waals surface area contributed by atoms with Gasteiger partial charge in [-0.25, -0.2) is 10.3 Å². The van der Waals surface area contributed by atoms with Gasteiger partial charge in [0.05, 0.1) is 11.4 Å². The van der Waals surface area contributed by atoms with Crippen LogP contribution in [0, 0.1) is 6.92 Å². The van der Waals surface area contributed by atoms with Crippen molar-refractivity contribution in [3.63, 3.8) is 0 Å². The summed E-state index contributed by atoms with van der Waals surface area (Å²) in [7, 11) is 0. The molecule has 0 heterocycles. The first-order chi connectivity index (χ1) is 15.8. The molecule has 0 aliphatic rings. The lowest BCUT2D eigenvalue weighted by molar-refractivity contribution is -0.127. The van der Waals surface area contributed by atoms with Gasteiger partial charge in [0.2, 0.25) is 11.8 Å². The van der Waals surface area contributed by atoms with E-state index in [2.05, 4.69) is 10.5 Å². The number of hydrazone groups is 1. The highest BCUT2D eigenvalue weighted by molar-refractivity contribution is 6.31. The second-order valence-corrected chi connectivity index (χ2v) is 7.74. The van der Waals surface area contributed by atoms with E-state index in [0.717, 1.165) is 10.5 Å². The number of imide groups is 1. The number of hydrogen-bond donors (Lipinski definition) is 2. The summed E-state index contributed by atoms with van der Waals surface area (Å²) >= 11 is 5.90. The Bertz CT molecular complexity index is 1210. The zero-order valence-corrected chi connectivity index (χ0v) is 18.8. The van der Waals surface area contributed by atoms with Gasteiger partial charge in [0, 0.05) is 16.1 Å². The molecule has 2 N–H and O–H groups in total. The lowest BCUT2D eigenvalue weighted by Crippen LogP contribution is -2.39. The molecule has 0 aromatic heterocycles. The molecule has 0 fully saturated rings. The Hall–Kier alpha value is -3.97. The molecule has 0 radical (unpaired) electrons. The molecule has 0 atom stereocenters. The van der Waals surface area contributed by atoms with Gasteiger partial charge < -0.3 is 5.11 Å². The van der Waals surface area contributed by atoms with Crippen LogP contribution in [0.3, 0.4) is 0 Å². The molecule has 3 rings (SSSR count). The van der Waals surface area contributed by atoms with Crippen molar-refractivity contribution < 1.29 is 19.5 Å². The zero-order chi connectivity index (χ0) is 24.0. The van der Waals surface area contributed by atoms with Crippen molar-refractivity contribution in [2.45, 2.75) is 20.3 Å². The molecule has 7 nitrogen and oxygen atoms in total. The summed E-state index contributed by atoms with van der Waals surface area (Å²) in [6, 6.07) is 19.5. The number of carbonyl (C=O) groups excluding carboxylic acids is 3. The van der Waals surface area contributed by atoms with E-state index in [1.807, 2.05) is 6.92 Å². The van der Waals surface area contributed by atoms with E-state index in [4.69, 9.17) is 11.6 Å². The van der Waals surface area contributed by atoms with Crippen molar-refractivity contribution in [2.75, 3.05) is 4.90 Å². The highest BCUT2D eigenvalue weighted by Gasteiger charge is 2.26. The average Bonchev–Trinajstić information content (AvgIpc) is 2.79. The van der Waals surface area contributed by atoms with Gasteiger partial charge in [0.15, 0.2) is 0 Å². The van der Waals surface area contributed by atoms with Crippen LogP contribution in [0.25, 0.3) is 0 Å². The molecular formula is C25H22ClN3O4. The molecule has 0 saturated carbocycles. The van der Waals surface area contributed by atoms with Crippen LogP contribution in [-0.2, 0) is 9.59 Å². The van der Waals surface area contributed by atoms with Crippen molar-refractivity contribution in [2.24, 2.45) is 5.10 Å². The number of aromatic hydroxyl groups is 1.